The number of hydrogen-bond donors (Lipinski definition) is 2. The SMILES string of the molecule is Cc1cc(C(=O)CSC(C)CCO)c(C)[nH]1. The lowest BCUT2D eigenvalue weighted by molar-refractivity contribution is 0.102. The van der Waals surface area contributed by atoms with Gasteiger partial charge in [-0.2, -0.15) is 11.8 Å². The largest absolute Gasteiger partial charge is 0.396 e. The van der Waals surface area contributed by atoms with E-state index in [0.717, 1.165) is 23.4 Å². The number of aryl methyl sites for hydroxylation is 2. The van der Waals surface area contributed by atoms with Crippen LogP contribution in [0, 0.1) is 13.8 Å². The number of aromatic nitrogens is 1. The van der Waals surface area contributed by atoms with Crippen molar-refractivity contribution in [2.45, 2.75) is 32.4 Å². The van der Waals surface area contributed by atoms with Crippen LogP contribution in [0.3, 0.4) is 0 Å². The van der Waals surface area contributed by atoms with Crippen LogP contribution in [0.2, 0.25) is 0 Å². The lowest BCUT2D eigenvalue weighted by Gasteiger charge is -2.08. The zero-order valence-corrected chi connectivity index (χ0v) is 10.9. The van der Waals surface area contributed by atoms with Crippen molar-refractivity contribution in [1.82, 2.24) is 4.98 Å². The summed E-state index contributed by atoms with van der Waals surface area (Å²) >= 11 is 1.60. The lowest BCUT2D eigenvalue weighted by Crippen LogP contribution is -2.08. The molecule has 1 atom stereocenters. The number of H-pyrrole nitrogens is 1. The summed E-state index contributed by atoms with van der Waals surface area (Å²) in [4.78, 5) is 15.0. The molecule has 1 aromatic heterocycles. The molecule has 90 valence electrons. The van der Waals surface area contributed by atoms with E-state index in [4.69, 9.17) is 5.11 Å². The fourth-order valence-corrected chi connectivity index (χ4v) is 2.44. The second-order valence-electron chi connectivity index (χ2n) is 4.05. The number of rotatable bonds is 6. The summed E-state index contributed by atoms with van der Waals surface area (Å²) in [5.41, 5.74) is 2.76. The van der Waals surface area contributed by atoms with Crippen LogP contribution >= 0.6 is 11.8 Å². The monoisotopic (exact) mass is 241 g/mol. The highest BCUT2D eigenvalue weighted by atomic mass is 32.2. The molecule has 1 rings (SSSR count). The van der Waals surface area contributed by atoms with Crippen molar-refractivity contribution in [2.75, 3.05) is 12.4 Å². The number of aliphatic hydroxyl groups excluding tert-OH is 1. The minimum atomic E-state index is 0.164. The summed E-state index contributed by atoms with van der Waals surface area (Å²) in [6.45, 7) is 6.08. The smallest absolute Gasteiger partial charge is 0.174 e. The minimum Gasteiger partial charge on any atom is -0.396 e. The van der Waals surface area contributed by atoms with Gasteiger partial charge in [0.2, 0.25) is 0 Å². The van der Waals surface area contributed by atoms with Gasteiger partial charge in [-0.3, -0.25) is 4.79 Å². The van der Waals surface area contributed by atoms with Crippen molar-refractivity contribution in [3.63, 3.8) is 0 Å². The number of nitrogens with one attached hydrogen (secondary N) is 1. The average molecular weight is 241 g/mol. The Labute approximate surface area is 101 Å². The van der Waals surface area contributed by atoms with Crippen LogP contribution in [0.25, 0.3) is 0 Å². The maximum absolute atomic E-state index is 11.9. The topological polar surface area (TPSA) is 53.1 Å². The molecule has 1 aromatic rings. The van der Waals surface area contributed by atoms with Gasteiger partial charge >= 0.3 is 0 Å². The Morgan fingerprint density at radius 2 is 2.25 bits per heavy atom. The minimum absolute atomic E-state index is 0.164. The molecule has 1 heterocycles. The third-order valence-electron chi connectivity index (χ3n) is 2.48. The van der Waals surface area contributed by atoms with Crippen LogP contribution in [-0.4, -0.2) is 33.5 Å². The van der Waals surface area contributed by atoms with Crippen LogP contribution in [0.4, 0.5) is 0 Å². The number of ketones is 1. The van der Waals surface area contributed by atoms with E-state index >= 15 is 0 Å². The normalized spacial score (nSPS) is 12.8. The number of carbonyl (C=O) groups excluding carboxylic acids is 1. The Hall–Kier alpha value is -0.740. The average Bonchev–Trinajstić information content (AvgIpc) is 2.55. The lowest BCUT2D eigenvalue weighted by atomic mass is 10.2. The van der Waals surface area contributed by atoms with Gasteiger partial charge in [-0.15, -0.1) is 0 Å². The molecular weight excluding hydrogens is 222 g/mol. The number of aliphatic hydroxyl groups is 1. The fraction of sp³-hybridized carbons (Fsp3) is 0.583. The van der Waals surface area contributed by atoms with E-state index in [-0.39, 0.29) is 12.4 Å². The standard InChI is InChI=1S/C12H19NO2S/c1-8-6-11(10(3)13-8)12(15)7-16-9(2)4-5-14/h6,9,13-14H,4-5,7H2,1-3H3. The van der Waals surface area contributed by atoms with Gasteiger partial charge in [0, 0.05) is 28.8 Å². The molecule has 0 bridgehead atoms. The second-order valence-corrected chi connectivity index (χ2v) is 5.47. The summed E-state index contributed by atoms with van der Waals surface area (Å²) in [6.07, 6.45) is 0.739. The highest BCUT2D eigenvalue weighted by Crippen LogP contribution is 2.17. The van der Waals surface area contributed by atoms with E-state index in [1.807, 2.05) is 26.8 Å². The maximum Gasteiger partial charge on any atom is 0.174 e. The van der Waals surface area contributed by atoms with Crippen molar-refractivity contribution in [3.8, 4) is 0 Å². The second kappa shape index (κ2) is 6.11. The quantitative estimate of drug-likeness (QED) is 0.751. The number of Topliss-reactive ketones (excluding diaryl/α,β-unsaturated/α-hetero) is 1. The van der Waals surface area contributed by atoms with Gasteiger partial charge in [-0.05, 0) is 26.3 Å². The van der Waals surface area contributed by atoms with Crippen molar-refractivity contribution in [1.29, 1.82) is 0 Å². The summed E-state index contributed by atoms with van der Waals surface area (Å²) in [6, 6.07) is 1.90. The van der Waals surface area contributed by atoms with E-state index in [1.165, 1.54) is 0 Å². The molecule has 0 radical (unpaired) electrons. The number of aromatic amines is 1. The van der Waals surface area contributed by atoms with Gasteiger partial charge in [-0.1, -0.05) is 6.92 Å². The molecule has 0 spiro atoms. The van der Waals surface area contributed by atoms with E-state index in [0.29, 0.717) is 11.0 Å². The van der Waals surface area contributed by atoms with E-state index < -0.39 is 0 Å². The molecule has 16 heavy (non-hydrogen) atoms. The molecule has 0 aliphatic heterocycles. The first-order valence-corrected chi connectivity index (χ1v) is 6.51. The van der Waals surface area contributed by atoms with Crippen LogP contribution in [-0.2, 0) is 0 Å². The van der Waals surface area contributed by atoms with Crippen LogP contribution in [0.5, 0.6) is 0 Å². The first-order valence-electron chi connectivity index (χ1n) is 5.46. The first-order chi connectivity index (χ1) is 7.54. The van der Waals surface area contributed by atoms with Gasteiger partial charge in [0.05, 0.1) is 5.75 Å². The molecule has 0 saturated carbocycles. The fourth-order valence-electron chi connectivity index (χ4n) is 1.57. The zero-order chi connectivity index (χ0) is 12.1. The Kier molecular flexibility index (Phi) is 5.09. The number of thioether (sulfide) groups is 1. The molecule has 0 fully saturated rings. The first kappa shape index (κ1) is 13.3. The third-order valence-corrected chi connectivity index (χ3v) is 3.72. The molecule has 0 amide bonds. The third kappa shape index (κ3) is 3.68. The molecule has 0 saturated heterocycles. The van der Waals surface area contributed by atoms with Crippen molar-refractivity contribution in [2.24, 2.45) is 0 Å². The highest BCUT2D eigenvalue weighted by Gasteiger charge is 2.13. The van der Waals surface area contributed by atoms with E-state index in [9.17, 15) is 4.79 Å². The summed E-state index contributed by atoms with van der Waals surface area (Å²) in [7, 11) is 0. The molecule has 1 unspecified atom stereocenters. The summed E-state index contributed by atoms with van der Waals surface area (Å²) < 4.78 is 0. The van der Waals surface area contributed by atoms with E-state index in [2.05, 4.69) is 4.98 Å². The van der Waals surface area contributed by atoms with Crippen LogP contribution < -0.4 is 0 Å². The molecule has 0 aliphatic carbocycles. The Morgan fingerprint density at radius 1 is 1.56 bits per heavy atom. The molecule has 2 N–H and O–H groups in total. The Balaban J connectivity index is 2.50. The van der Waals surface area contributed by atoms with Crippen LogP contribution in [0.15, 0.2) is 6.07 Å². The predicted octanol–water partition coefficient (Wildman–Crippen LogP) is 2.32. The Morgan fingerprint density at radius 3 is 2.75 bits per heavy atom. The van der Waals surface area contributed by atoms with E-state index in [1.54, 1.807) is 11.8 Å². The van der Waals surface area contributed by atoms with Gasteiger partial charge in [0.1, 0.15) is 0 Å². The van der Waals surface area contributed by atoms with Gasteiger partial charge in [0.15, 0.2) is 5.78 Å². The van der Waals surface area contributed by atoms with Crippen molar-refractivity contribution < 1.29 is 9.90 Å². The maximum atomic E-state index is 11.9. The molecule has 0 aromatic carbocycles. The van der Waals surface area contributed by atoms with Gasteiger partial charge in [-0.25, -0.2) is 0 Å². The van der Waals surface area contributed by atoms with Crippen molar-refractivity contribution in [3.05, 3.63) is 23.0 Å². The molecule has 3 nitrogen and oxygen atoms in total. The van der Waals surface area contributed by atoms with Gasteiger partial charge < -0.3 is 10.1 Å². The summed E-state index contributed by atoms with van der Waals surface area (Å²) in [5.74, 6) is 0.649. The number of hydrogen-bond acceptors (Lipinski definition) is 3. The molecular formula is C12H19NO2S. The Bertz CT molecular complexity index is 360. The van der Waals surface area contributed by atoms with Crippen molar-refractivity contribution >= 4 is 17.5 Å². The predicted molar refractivity (Wildman–Crippen MR) is 68.2 cm³/mol. The van der Waals surface area contributed by atoms with Gasteiger partial charge in [0.25, 0.3) is 0 Å². The van der Waals surface area contributed by atoms with Crippen LogP contribution in [0.1, 0.15) is 35.1 Å². The number of carbonyl (C=O) groups is 1. The molecule has 0 aliphatic rings. The highest BCUT2D eigenvalue weighted by molar-refractivity contribution is 8.00. The summed E-state index contributed by atoms with van der Waals surface area (Å²) in [5, 5.41) is 9.09. The molecule has 4 heteroatoms. The zero-order valence-electron chi connectivity index (χ0n) is 10.0.